The number of hydrogen-bond donors (Lipinski definition) is 1. The van der Waals surface area contributed by atoms with Gasteiger partial charge in [-0.3, -0.25) is 4.79 Å². The van der Waals surface area contributed by atoms with Crippen molar-refractivity contribution >= 4 is 12.1 Å². The van der Waals surface area contributed by atoms with Gasteiger partial charge in [0.15, 0.2) is 0 Å². The van der Waals surface area contributed by atoms with Crippen LogP contribution in [0, 0.1) is 29.6 Å². The fraction of sp³-hybridized carbons (Fsp3) is 0.900. The van der Waals surface area contributed by atoms with E-state index in [1.165, 1.54) is 0 Å². The minimum atomic E-state index is -0.588. The molecule has 0 fully saturated rings. The van der Waals surface area contributed by atoms with Crippen LogP contribution >= 0.6 is 0 Å². The van der Waals surface area contributed by atoms with Gasteiger partial charge in [-0.2, -0.15) is 0 Å². The van der Waals surface area contributed by atoms with E-state index in [1.54, 1.807) is 6.92 Å². The van der Waals surface area contributed by atoms with Crippen molar-refractivity contribution in [2.45, 2.75) is 86.2 Å². The molecule has 23 heavy (non-hydrogen) atoms. The second kappa shape index (κ2) is 10.2. The highest BCUT2D eigenvalue weighted by molar-refractivity contribution is 5.92. The van der Waals surface area contributed by atoms with Crippen molar-refractivity contribution in [1.29, 1.82) is 0 Å². The Hall–Kier alpha value is -0.700. The van der Waals surface area contributed by atoms with Gasteiger partial charge in [0.25, 0.3) is 0 Å². The van der Waals surface area contributed by atoms with Gasteiger partial charge in [-0.25, -0.2) is 0 Å². The van der Waals surface area contributed by atoms with Gasteiger partial charge in [0, 0.05) is 6.42 Å². The van der Waals surface area contributed by atoms with Crippen LogP contribution in [0.4, 0.5) is 0 Å². The van der Waals surface area contributed by atoms with Gasteiger partial charge < -0.3 is 9.90 Å². The highest BCUT2D eigenvalue weighted by Gasteiger charge is 2.30. The minimum Gasteiger partial charge on any atom is -0.390 e. The number of aldehydes is 1. The average Bonchev–Trinajstić information content (AvgIpc) is 2.52. The topological polar surface area (TPSA) is 54.4 Å². The quantitative estimate of drug-likeness (QED) is 0.419. The molecule has 0 aliphatic heterocycles. The minimum absolute atomic E-state index is 0.0559. The Morgan fingerprint density at radius 1 is 1.04 bits per heavy atom. The van der Waals surface area contributed by atoms with E-state index in [2.05, 4.69) is 27.7 Å². The maximum atomic E-state index is 11.8. The number of carbonyl (C=O) groups is 2. The molecule has 136 valence electrons. The summed E-state index contributed by atoms with van der Waals surface area (Å²) in [4.78, 5) is 22.5. The summed E-state index contributed by atoms with van der Waals surface area (Å²) >= 11 is 0. The maximum absolute atomic E-state index is 11.8. The number of rotatable bonds is 12. The van der Waals surface area contributed by atoms with Crippen molar-refractivity contribution in [3.8, 4) is 0 Å². The molecule has 0 bridgehead atoms. The standard InChI is InChI=1S/C20H38O3/c1-8-20(7,23)18(6)15(3)11-9-10-14(2)16(4)12-19(22)17(5)13-21/h13-18,23H,8-12H2,1-7H3/t14?,15?,16?,17?,18?,20-/m1/s1. The molecule has 1 N–H and O–H groups in total. The van der Waals surface area contributed by atoms with Crippen LogP contribution in [-0.2, 0) is 9.59 Å². The smallest absolute Gasteiger partial charge is 0.143 e. The zero-order valence-corrected chi connectivity index (χ0v) is 16.3. The maximum Gasteiger partial charge on any atom is 0.143 e. The Labute approximate surface area is 143 Å². The van der Waals surface area contributed by atoms with Gasteiger partial charge in [-0.05, 0) is 43.9 Å². The highest BCUT2D eigenvalue weighted by Crippen LogP contribution is 2.31. The molecule has 0 saturated heterocycles. The van der Waals surface area contributed by atoms with E-state index < -0.39 is 11.5 Å². The van der Waals surface area contributed by atoms with Gasteiger partial charge in [-0.1, -0.05) is 53.9 Å². The third-order valence-electron chi connectivity index (χ3n) is 6.08. The third kappa shape index (κ3) is 7.60. The molecule has 0 aromatic heterocycles. The second-order valence-electron chi connectivity index (χ2n) is 7.96. The number of aliphatic hydroxyl groups is 1. The van der Waals surface area contributed by atoms with E-state index in [0.717, 1.165) is 32.0 Å². The summed E-state index contributed by atoms with van der Waals surface area (Å²) in [6.45, 7) is 14.3. The summed E-state index contributed by atoms with van der Waals surface area (Å²) in [5.74, 6) is 1.16. The molecule has 3 heteroatoms. The van der Waals surface area contributed by atoms with Crippen molar-refractivity contribution in [3.05, 3.63) is 0 Å². The Morgan fingerprint density at radius 3 is 2.04 bits per heavy atom. The number of Topliss-reactive ketones (excluding diaryl/α,β-unsaturated/α-hetero) is 1. The van der Waals surface area contributed by atoms with Crippen LogP contribution in [0.2, 0.25) is 0 Å². The molecule has 3 nitrogen and oxygen atoms in total. The molecule has 0 aliphatic rings. The first-order valence-electron chi connectivity index (χ1n) is 9.27. The predicted molar refractivity (Wildman–Crippen MR) is 96.3 cm³/mol. The first-order valence-corrected chi connectivity index (χ1v) is 9.27. The van der Waals surface area contributed by atoms with Crippen molar-refractivity contribution in [1.82, 2.24) is 0 Å². The van der Waals surface area contributed by atoms with E-state index in [-0.39, 0.29) is 11.7 Å². The van der Waals surface area contributed by atoms with Crippen LogP contribution in [0.25, 0.3) is 0 Å². The van der Waals surface area contributed by atoms with E-state index >= 15 is 0 Å². The molecule has 0 spiro atoms. The first kappa shape index (κ1) is 22.3. The molecule has 0 radical (unpaired) electrons. The van der Waals surface area contributed by atoms with Crippen molar-refractivity contribution < 1.29 is 14.7 Å². The summed E-state index contributed by atoms with van der Waals surface area (Å²) in [5, 5.41) is 10.4. The van der Waals surface area contributed by atoms with Crippen molar-refractivity contribution in [3.63, 3.8) is 0 Å². The largest absolute Gasteiger partial charge is 0.390 e. The molecule has 0 heterocycles. The molecular weight excluding hydrogens is 288 g/mol. The second-order valence-corrected chi connectivity index (χ2v) is 7.96. The lowest BCUT2D eigenvalue weighted by molar-refractivity contribution is -0.127. The highest BCUT2D eigenvalue weighted by atomic mass is 16.3. The zero-order valence-electron chi connectivity index (χ0n) is 16.3. The summed E-state index contributed by atoms with van der Waals surface area (Å²) in [6.07, 6.45) is 5.33. The summed E-state index contributed by atoms with van der Waals surface area (Å²) < 4.78 is 0. The van der Waals surface area contributed by atoms with Gasteiger partial charge >= 0.3 is 0 Å². The molecular formula is C20H38O3. The Kier molecular flexibility index (Phi) is 9.91. The van der Waals surface area contributed by atoms with E-state index in [9.17, 15) is 14.7 Å². The van der Waals surface area contributed by atoms with Gasteiger partial charge in [0.2, 0.25) is 0 Å². The molecule has 6 atom stereocenters. The molecule has 5 unspecified atom stereocenters. The number of ketones is 1. The van der Waals surface area contributed by atoms with Crippen LogP contribution in [-0.4, -0.2) is 22.8 Å². The van der Waals surface area contributed by atoms with Crippen molar-refractivity contribution in [2.75, 3.05) is 0 Å². The normalized spacial score (nSPS) is 20.9. The van der Waals surface area contributed by atoms with Crippen LogP contribution in [0.5, 0.6) is 0 Å². The molecule has 0 aromatic rings. The Morgan fingerprint density at radius 2 is 1.57 bits per heavy atom. The third-order valence-corrected chi connectivity index (χ3v) is 6.08. The van der Waals surface area contributed by atoms with Crippen LogP contribution < -0.4 is 0 Å². The number of hydrogen-bond acceptors (Lipinski definition) is 3. The lowest BCUT2D eigenvalue weighted by Gasteiger charge is -2.34. The predicted octanol–water partition coefficient (Wildman–Crippen LogP) is 4.66. The first-order chi connectivity index (χ1) is 10.6. The van der Waals surface area contributed by atoms with E-state index in [0.29, 0.717) is 24.2 Å². The molecule has 0 amide bonds. The van der Waals surface area contributed by atoms with Crippen LogP contribution in [0.15, 0.2) is 0 Å². The summed E-state index contributed by atoms with van der Waals surface area (Å²) in [6, 6.07) is 0. The van der Waals surface area contributed by atoms with E-state index in [1.807, 2.05) is 13.8 Å². The molecule has 0 rings (SSSR count). The van der Waals surface area contributed by atoms with Gasteiger partial charge in [-0.15, -0.1) is 0 Å². The molecule has 0 saturated carbocycles. The SMILES string of the molecule is CC[C@@](C)(O)C(C)C(C)CCCC(C)C(C)CC(=O)C(C)C=O. The summed E-state index contributed by atoms with van der Waals surface area (Å²) in [5.41, 5.74) is -0.588. The summed E-state index contributed by atoms with van der Waals surface area (Å²) in [7, 11) is 0. The van der Waals surface area contributed by atoms with Crippen LogP contribution in [0.1, 0.15) is 80.6 Å². The Bertz CT molecular complexity index is 362. The monoisotopic (exact) mass is 326 g/mol. The lowest BCUT2D eigenvalue weighted by Crippen LogP contribution is -2.35. The average molecular weight is 327 g/mol. The van der Waals surface area contributed by atoms with Gasteiger partial charge in [0.05, 0.1) is 11.5 Å². The Balaban J connectivity index is 4.21. The van der Waals surface area contributed by atoms with E-state index in [4.69, 9.17) is 0 Å². The fourth-order valence-electron chi connectivity index (χ4n) is 3.01. The van der Waals surface area contributed by atoms with Gasteiger partial charge in [0.1, 0.15) is 12.1 Å². The fourth-order valence-corrected chi connectivity index (χ4v) is 3.01. The molecule has 0 aromatic carbocycles. The van der Waals surface area contributed by atoms with Crippen LogP contribution in [0.3, 0.4) is 0 Å². The number of carbonyl (C=O) groups excluding carboxylic acids is 2. The van der Waals surface area contributed by atoms with Crippen molar-refractivity contribution in [2.24, 2.45) is 29.6 Å². The lowest BCUT2D eigenvalue weighted by atomic mass is 9.77. The molecule has 0 aliphatic carbocycles. The zero-order chi connectivity index (χ0) is 18.2.